The van der Waals surface area contributed by atoms with Gasteiger partial charge in [-0.1, -0.05) is 18.2 Å². The van der Waals surface area contributed by atoms with E-state index >= 15 is 0 Å². The number of pyridine rings is 2. The van der Waals surface area contributed by atoms with Gasteiger partial charge in [0, 0.05) is 42.7 Å². The standard InChI is InChI=1S/C24H24F4N4O3S/c1-14(15-4-5-16(19(25)10-15)13-31-36(3)34)23(33)30-12-17-6-8-20(24(26,27)28)32-22(17)18-7-9-21(35-2)29-11-18/h4-11,14,31H,12-13H2,1-3H3,(H,30,33). The van der Waals surface area contributed by atoms with E-state index in [1.54, 1.807) is 13.0 Å². The first-order chi connectivity index (χ1) is 17.0. The average Bonchev–Trinajstić information content (AvgIpc) is 2.85. The van der Waals surface area contributed by atoms with Gasteiger partial charge >= 0.3 is 6.18 Å². The lowest BCUT2D eigenvalue weighted by Gasteiger charge is -2.16. The fourth-order valence-corrected chi connectivity index (χ4v) is 3.68. The molecule has 0 aliphatic rings. The third kappa shape index (κ3) is 6.85. The Hall–Kier alpha value is -3.38. The molecule has 1 amide bonds. The molecule has 0 saturated carbocycles. The molecule has 0 fully saturated rings. The van der Waals surface area contributed by atoms with Crippen molar-refractivity contribution < 1.29 is 31.3 Å². The predicted octanol–water partition coefficient (Wildman–Crippen LogP) is 4.11. The molecule has 2 heterocycles. The summed E-state index contributed by atoms with van der Waals surface area (Å²) in [5.74, 6) is -1.46. The summed E-state index contributed by atoms with van der Waals surface area (Å²) in [6.07, 6.45) is -1.88. The summed E-state index contributed by atoms with van der Waals surface area (Å²) in [5, 5.41) is 2.68. The van der Waals surface area contributed by atoms with Gasteiger partial charge in [0.25, 0.3) is 0 Å². The number of alkyl halides is 3. The summed E-state index contributed by atoms with van der Waals surface area (Å²) < 4.78 is 73.0. The van der Waals surface area contributed by atoms with E-state index in [9.17, 15) is 26.6 Å². The number of hydrogen-bond acceptors (Lipinski definition) is 5. The number of carbonyl (C=O) groups is 1. The van der Waals surface area contributed by atoms with Crippen LogP contribution in [-0.2, 0) is 35.0 Å². The summed E-state index contributed by atoms with van der Waals surface area (Å²) in [6, 6.07) is 9.44. The van der Waals surface area contributed by atoms with Gasteiger partial charge in [-0.2, -0.15) is 13.2 Å². The van der Waals surface area contributed by atoms with E-state index < -0.39 is 40.5 Å². The van der Waals surface area contributed by atoms with E-state index in [0.717, 1.165) is 6.07 Å². The molecule has 2 N–H and O–H groups in total. The Kier molecular flexibility index (Phi) is 8.75. The van der Waals surface area contributed by atoms with Crippen LogP contribution >= 0.6 is 0 Å². The lowest BCUT2D eigenvalue weighted by atomic mass is 9.98. The first-order valence-corrected chi connectivity index (χ1v) is 12.3. The zero-order valence-electron chi connectivity index (χ0n) is 19.6. The molecule has 12 heteroatoms. The Bertz CT molecular complexity index is 1250. The van der Waals surface area contributed by atoms with Crippen LogP contribution in [-0.4, -0.2) is 33.4 Å². The van der Waals surface area contributed by atoms with Gasteiger partial charge in [-0.15, -0.1) is 0 Å². The van der Waals surface area contributed by atoms with Crippen molar-refractivity contribution in [3.8, 4) is 17.1 Å². The molecule has 0 saturated heterocycles. The van der Waals surface area contributed by atoms with Crippen LogP contribution in [0.1, 0.15) is 35.2 Å². The molecule has 36 heavy (non-hydrogen) atoms. The van der Waals surface area contributed by atoms with Crippen LogP contribution in [0.25, 0.3) is 11.3 Å². The number of aromatic nitrogens is 2. The SMILES string of the molecule is COc1ccc(-c2nc(C(F)(F)F)ccc2CNC(=O)C(C)c2ccc(CNS(C)=O)c(F)c2)cn1. The van der Waals surface area contributed by atoms with Crippen LogP contribution in [0.3, 0.4) is 0 Å². The number of nitrogens with zero attached hydrogens (tertiary/aromatic N) is 2. The average molecular weight is 525 g/mol. The number of benzene rings is 1. The minimum atomic E-state index is -4.65. The fraction of sp³-hybridized carbons (Fsp3) is 0.292. The topological polar surface area (TPSA) is 93.2 Å². The monoisotopic (exact) mass is 524 g/mol. The quantitative estimate of drug-likeness (QED) is 0.411. The van der Waals surface area contributed by atoms with E-state index in [0.29, 0.717) is 22.3 Å². The first kappa shape index (κ1) is 27.2. The zero-order chi connectivity index (χ0) is 26.5. The Morgan fingerprint density at radius 3 is 2.42 bits per heavy atom. The summed E-state index contributed by atoms with van der Waals surface area (Å²) in [6.45, 7) is 1.55. The molecule has 1 aromatic carbocycles. The van der Waals surface area contributed by atoms with Crippen molar-refractivity contribution >= 4 is 16.9 Å². The van der Waals surface area contributed by atoms with Crippen LogP contribution < -0.4 is 14.8 Å². The molecule has 2 atom stereocenters. The van der Waals surface area contributed by atoms with Crippen molar-refractivity contribution in [1.29, 1.82) is 0 Å². The maximum Gasteiger partial charge on any atom is 0.433 e. The highest BCUT2D eigenvalue weighted by molar-refractivity contribution is 7.82. The van der Waals surface area contributed by atoms with Crippen LogP contribution in [0.15, 0.2) is 48.7 Å². The third-order valence-electron chi connectivity index (χ3n) is 5.38. The third-order valence-corrected chi connectivity index (χ3v) is 5.93. The highest BCUT2D eigenvalue weighted by Crippen LogP contribution is 2.31. The molecular weight excluding hydrogens is 500 g/mol. The molecule has 0 aliphatic carbocycles. The van der Waals surface area contributed by atoms with Crippen LogP contribution in [0.2, 0.25) is 0 Å². The van der Waals surface area contributed by atoms with Gasteiger partial charge < -0.3 is 10.1 Å². The molecule has 192 valence electrons. The second-order valence-corrected chi connectivity index (χ2v) is 9.05. The highest BCUT2D eigenvalue weighted by atomic mass is 32.2. The van der Waals surface area contributed by atoms with Gasteiger partial charge in [-0.25, -0.2) is 23.3 Å². The molecule has 2 aromatic heterocycles. The Labute approximate surface area is 207 Å². The summed E-state index contributed by atoms with van der Waals surface area (Å²) in [5.41, 5.74) is 0.318. The van der Waals surface area contributed by atoms with Gasteiger partial charge in [0.1, 0.15) is 11.5 Å². The fourth-order valence-electron chi connectivity index (χ4n) is 3.32. The lowest BCUT2D eigenvalue weighted by Crippen LogP contribution is -2.28. The van der Waals surface area contributed by atoms with Crippen molar-refractivity contribution in [2.75, 3.05) is 13.4 Å². The maximum absolute atomic E-state index is 14.4. The molecular formula is C24H24F4N4O3S. The highest BCUT2D eigenvalue weighted by Gasteiger charge is 2.33. The molecule has 2 unspecified atom stereocenters. The van der Waals surface area contributed by atoms with Crippen LogP contribution in [0, 0.1) is 5.82 Å². The number of ether oxygens (including phenoxy) is 1. The van der Waals surface area contributed by atoms with E-state index in [1.165, 1.54) is 49.9 Å². The molecule has 3 aromatic rings. The second-order valence-electron chi connectivity index (χ2n) is 7.86. The van der Waals surface area contributed by atoms with Crippen molar-refractivity contribution in [1.82, 2.24) is 20.0 Å². The smallest absolute Gasteiger partial charge is 0.433 e. The van der Waals surface area contributed by atoms with Gasteiger partial charge in [0.05, 0.1) is 29.7 Å². The van der Waals surface area contributed by atoms with Crippen LogP contribution in [0.4, 0.5) is 17.6 Å². The lowest BCUT2D eigenvalue weighted by molar-refractivity contribution is -0.141. The molecule has 0 spiro atoms. The van der Waals surface area contributed by atoms with E-state index in [4.69, 9.17) is 4.74 Å². The molecule has 0 aliphatic heterocycles. The van der Waals surface area contributed by atoms with Gasteiger partial charge in [-0.05, 0) is 36.2 Å². The Morgan fingerprint density at radius 1 is 1.11 bits per heavy atom. The molecule has 0 radical (unpaired) electrons. The van der Waals surface area contributed by atoms with E-state index in [-0.39, 0.29) is 24.7 Å². The van der Waals surface area contributed by atoms with Gasteiger partial charge in [0.2, 0.25) is 11.8 Å². The van der Waals surface area contributed by atoms with Crippen molar-refractivity contribution in [2.24, 2.45) is 0 Å². The number of nitrogens with one attached hydrogen (secondary N) is 2. The van der Waals surface area contributed by atoms with E-state index in [2.05, 4.69) is 20.0 Å². The zero-order valence-corrected chi connectivity index (χ0v) is 20.5. The number of amides is 1. The minimum absolute atomic E-state index is 0.0177. The molecule has 3 rings (SSSR count). The largest absolute Gasteiger partial charge is 0.481 e. The van der Waals surface area contributed by atoms with Crippen molar-refractivity contribution in [3.63, 3.8) is 0 Å². The Morgan fingerprint density at radius 2 is 1.83 bits per heavy atom. The van der Waals surface area contributed by atoms with Crippen molar-refractivity contribution in [3.05, 3.63) is 76.9 Å². The maximum atomic E-state index is 14.4. The summed E-state index contributed by atoms with van der Waals surface area (Å²) in [4.78, 5) is 20.6. The summed E-state index contributed by atoms with van der Waals surface area (Å²) >= 11 is 0. The number of hydrogen-bond donors (Lipinski definition) is 2. The minimum Gasteiger partial charge on any atom is -0.481 e. The van der Waals surface area contributed by atoms with Gasteiger partial charge in [0.15, 0.2) is 0 Å². The van der Waals surface area contributed by atoms with E-state index in [1.807, 2.05) is 0 Å². The first-order valence-electron chi connectivity index (χ1n) is 10.7. The predicted molar refractivity (Wildman–Crippen MR) is 127 cm³/mol. The normalized spacial score (nSPS) is 13.2. The number of carbonyl (C=O) groups excluding carboxylic acids is 1. The Balaban J connectivity index is 1.79. The van der Waals surface area contributed by atoms with Crippen LogP contribution in [0.5, 0.6) is 5.88 Å². The summed E-state index contributed by atoms with van der Waals surface area (Å²) in [7, 11) is 0.113. The number of rotatable bonds is 9. The molecule has 0 bridgehead atoms. The molecule has 7 nitrogen and oxygen atoms in total. The second kappa shape index (κ2) is 11.6. The number of halogens is 4. The number of methoxy groups -OCH3 is 1. The van der Waals surface area contributed by atoms with Gasteiger partial charge in [-0.3, -0.25) is 4.79 Å². The van der Waals surface area contributed by atoms with Crippen molar-refractivity contribution in [2.45, 2.75) is 32.1 Å².